The number of urea groups is 1. The van der Waals surface area contributed by atoms with Crippen molar-refractivity contribution >= 4 is 33.3 Å². The monoisotopic (exact) mass is 710 g/mol. The number of rotatable bonds is 8. The molecule has 0 fully saturated rings. The molecule has 0 aromatic heterocycles. The van der Waals surface area contributed by atoms with Gasteiger partial charge in [-0.25, -0.2) is 13.2 Å². The van der Waals surface area contributed by atoms with Gasteiger partial charge in [-0.15, -0.1) is 0 Å². The van der Waals surface area contributed by atoms with E-state index in [-0.39, 0.29) is 49.0 Å². The molecule has 0 unspecified atom stereocenters. The Morgan fingerprint density at radius 3 is 2.38 bits per heavy atom. The smallest absolute Gasteiger partial charge is 0.323 e. The number of anilines is 2. The molecule has 50 heavy (non-hydrogen) atoms. The van der Waals surface area contributed by atoms with Gasteiger partial charge in [0.25, 0.3) is 5.91 Å². The van der Waals surface area contributed by atoms with Gasteiger partial charge in [0.2, 0.25) is 16.8 Å². The molecule has 14 heteroatoms. The number of fused-ring (bicyclic) bond motifs is 2. The predicted molar refractivity (Wildman–Crippen MR) is 188 cm³/mol. The van der Waals surface area contributed by atoms with Crippen LogP contribution in [0.1, 0.15) is 50.4 Å². The first-order chi connectivity index (χ1) is 24.0. The van der Waals surface area contributed by atoms with Crippen LogP contribution in [-0.2, 0) is 14.8 Å². The maximum absolute atomic E-state index is 14.4. The van der Waals surface area contributed by atoms with Gasteiger partial charge in [0, 0.05) is 50.1 Å². The standard InChI is InChI=1S/C36H46N4O9S/c1-24-20-40(25(2)22-41)35(42)30-18-27(37-36(43)38-28-14-16-32-33(19-28)48-23-47-32)13-15-31(30)49-26(3)10-8-9-17-46-34(24)21-39(4)50(44,45)29-11-6-5-7-12-29/h5-7,11-16,18-19,24-26,34,41H,8-10,17,20-23H2,1-4H3,(H2,37,38,43)/t24-,25+,26+,34-/m1/s1. The van der Waals surface area contributed by atoms with Crippen LogP contribution in [0.5, 0.6) is 17.2 Å². The van der Waals surface area contributed by atoms with Crippen molar-refractivity contribution in [3.05, 3.63) is 72.3 Å². The summed E-state index contributed by atoms with van der Waals surface area (Å²) in [4.78, 5) is 29.1. The van der Waals surface area contributed by atoms with Crippen LogP contribution in [0.4, 0.5) is 16.2 Å². The second-order valence-corrected chi connectivity index (χ2v) is 14.8. The molecule has 3 aromatic carbocycles. The van der Waals surface area contributed by atoms with Crippen LogP contribution in [0.25, 0.3) is 0 Å². The van der Waals surface area contributed by atoms with E-state index in [0.29, 0.717) is 41.7 Å². The van der Waals surface area contributed by atoms with Crippen LogP contribution in [0, 0.1) is 5.92 Å². The van der Waals surface area contributed by atoms with E-state index in [9.17, 15) is 23.1 Å². The molecule has 4 atom stereocenters. The predicted octanol–water partition coefficient (Wildman–Crippen LogP) is 5.18. The van der Waals surface area contributed by atoms with E-state index >= 15 is 0 Å². The largest absolute Gasteiger partial charge is 0.490 e. The van der Waals surface area contributed by atoms with Crippen molar-refractivity contribution in [3.63, 3.8) is 0 Å². The van der Waals surface area contributed by atoms with E-state index in [0.717, 1.165) is 12.8 Å². The number of benzene rings is 3. The molecule has 13 nitrogen and oxygen atoms in total. The Kier molecular flexibility index (Phi) is 12.2. The molecule has 2 aliphatic rings. The van der Waals surface area contributed by atoms with Gasteiger partial charge < -0.3 is 39.6 Å². The second kappa shape index (κ2) is 16.6. The third-order valence-electron chi connectivity index (χ3n) is 8.83. The summed E-state index contributed by atoms with van der Waals surface area (Å²) in [5.74, 6) is 0.719. The van der Waals surface area contributed by atoms with Crippen LogP contribution < -0.4 is 24.8 Å². The molecule has 3 N–H and O–H groups in total. The molecule has 5 rings (SSSR count). The zero-order valence-corrected chi connectivity index (χ0v) is 29.6. The molecule has 0 aliphatic carbocycles. The Balaban J connectivity index is 1.39. The Morgan fingerprint density at radius 1 is 0.980 bits per heavy atom. The summed E-state index contributed by atoms with van der Waals surface area (Å²) in [7, 11) is -2.26. The highest BCUT2D eigenvalue weighted by Crippen LogP contribution is 2.34. The first kappa shape index (κ1) is 36.9. The van der Waals surface area contributed by atoms with Crippen molar-refractivity contribution < 1.29 is 42.1 Å². The Bertz CT molecular complexity index is 1740. The first-order valence-electron chi connectivity index (χ1n) is 16.8. The van der Waals surface area contributed by atoms with E-state index in [4.69, 9.17) is 18.9 Å². The Morgan fingerprint density at radius 2 is 1.66 bits per heavy atom. The molecule has 0 saturated heterocycles. The molecule has 2 aliphatic heterocycles. The average molecular weight is 711 g/mol. The van der Waals surface area contributed by atoms with E-state index in [1.54, 1.807) is 78.6 Å². The van der Waals surface area contributed by atoms with Crippen molar-refractivity contribution in [2.45, 2.75) is 63.2 Å². The molecule has 270 valence electrons. The molecule has 0 bridgehead atoms. The number of aliphatic hydroxyl groups is 1. The van der Waals surface area contributed by atoms with Crippen molar-refractivity contribution in [2.75, 3.05) is 50.8 Å². The average Bonchev–Trinajstić information content (AvgIpc) is 3.57. The van der Waals surface area contributed by atoms with E-state index < -0.39 is 34.1 Å². The summed E-state index contributed by atoms with van der Waals surface area (Å²) in [6.07, 6.45) is 1.42. The van der Waals surface area contributed by atoms with Gasteiger partial charge in [-0.1, -0.05) is 25.1 Å². The number of hydrogen-bond acceptors (Lipinski definition) is 9. The third-order valence-corrected chi connectivity index (χ3v) is 10.7. The fraction of sp³-hybridized carbons (Fsp3) is 0.444. The number of nitrogens with one attached hydrogen (secondary N) is 2. The normalized spacial score (nSPS) is 20.7. The minimum absolute atomic E-state index is 0.0661. The van der Waals surface area contributed by atoms with Gasteiger partial charge in [-0.05, 0) is 75.6 Å². The molecule has 3 aromatic rings. The van der Waals surface area contributed by atoms with Gasteiger partial charge in [0.15, 0.2) is 11.5 Å². The maximum Gasteiger partial charge on any atom is 0.323 e. The summed E-state index contributed by atoms with van der Waals surface area (Å²) in [6, 6.07) is 17.0. The summed E-state index contributed by atoms with van der Waals surface area (Å²) in [5.41, 5.74) is 1.06. The Labute approximate surface area is 293 Å². The van der Waals surface area contributed by atoms with Crippen LogP contribution in [-0.4, -0.2) is 93.1 Å². The van der Waals surface area contributed by atoms with Gasteiger partial charge in [-0.3, -0.25) is 4.79 Å². The van der Waals surface area contributed by atoms with E-state index in [1.165, 1.54) is 11.4 Å². The number of hydrogen-bond donors (Lipinski definition) is 3. The topological polar surface area (TPSA) is 156 Å². The number of sulfonamides is 1. The van der Waals surface area contributed by atoms with Crippen molar-refractivity contribution in [1.82, 2.24) is 9.21 Å². The lowest BCUT2D eigenvalue weighted by Gasteiger charge is -2.35. The SMILES string of the molecule is C[C@@H]1CN([C@@H](C)CO)C(=O)c2cc(NC(=O)Nc3ccc4c(c3)OCO4)ccc2O[C@@H](C)CCCCO[C@@H]1CN(C)S(=O)(=O)c1ccccc1. The highest BCUT2D eigenvalue weighted by Gasteiger charge is 2.32. The van der Waals surface area contributed by atoms with Gasteiger partial charge in [-0.2, -0.15) is 4.31 Å². The van der Waals surface area contributed by atoms with Crippen LogP contribution in [0.3, 0.4) is 0 Å². The fourth-order valence-electron chi connectivity index (χ4n) is 5.85. The van der Waals surface area contributed by atoms with Crippen LogP contribution in [0.15, 0.2) is 71.6 Å². The summed E-state index contributed by atoms with van der Waals surface area (Å²) >= 11 is 0. The van der Waals surface area contributed by atoms with E-state index in [2.05, 4.69) is 10.6 Å². The first-order valence-corrected chi connectivity index (χ1v) is 18.2. The van der Waals surface area contributed by atoms with Crippen molar-refractivity contribution in [2.24, 2.45) is 5.92 Å². The maximum atomic E-state index is 14.4. The van der Waals surface area contributed by atoms with E-state index in [1.807, 2.05) is 13.8 Å². The summed E-state index contributed by atoms with van der Waals surface area (Å²) in [5, 5.41) is 15.8. The van der Waals surface area contributed by atoms with Crippen molar-refractivity contribution in [3.8, 4) is 17.2 Å². The fourth-order valence-corrected chi connectivity index (χ4v) is 7.06. The molecule has 2 heterocycles. The number of aliphatic hydroxyl groups excluding tert-OH is 1. The lowest BCUT2D eigenvalue weighted by molar-refractivity contribution is -0.00833. The number of ether oxygens (including phenoxy) is 4. The van der Waals surface area contributed by atoms with Crippen LogP contribution >= 0.6 is 0 Å². The molecule has 0 saturated carbocycles. The quantitative estimate of drug-likeness (QED) is 0.287. The number of amides is 3. The number of carbonyl (C=O) groups excluding carboxylic acids is 2. The van der Waals surface area contributed by atoms with Crippen LogP contribution in [0.2, 0.25) is 0 Å². The highest BCUT2D eigenvalue weighted by molar-refractivity contribution is 7.89. The zero-order valence-electron chi connectivity index (χ0n) is 28.8. The van der Waals surface area contributed by atoms with Gasteiger partial charge >= 0.3 is 6.03 Å². The van der Waals surface area contributed by atoms with Gasteiger partial charge in [0.1, 0.15) is 5.75 Å². The summed E-state index contributed by atoms with van der Waals surface area (Å²) in [6.45, 7) is 5.99. The molecular weight excluding hydrogens is 664 g/mol. The zero-order chi connectivity index (χ0) is 35.8. The third kappa shape index (κ3) is 9.04. The lowest BCUT2D eigenvalue weighted by Crippen LogP contribution is -2.48. The molecule has 0 spiro atoms. The molecular formula is C36H46N4O9S. The van der Waals surface area contributed by atoms with Gasteiger partial charge in [0.05, 0.1) is 35.3 Å². The number of likely N-dealkylation sites (N-methyl/N-ethyl adjacent to an activating group) is 1. The number of nitrogens with zero attached hydrogens (tertiary/aromatic N) is 2. The lowest BCUT2D eigenvalue weighted by atomic mass is 10.0. The number of carbonyl (C=O) groups is 2. The minimum Gasteiger partial charge on any atom is -0.490 e. The Hall–Kier alpha value is -4.37. The highest BCUT2D eigenvalue weighted by atomic mass is 32.2. The minimum atomic E-state index is -3.79. The second-order valence-electron chi connectivity index (χ2n) is 12.8. The van der Waals surface area contributed by atoms with Crippen molar-refractivity contribution in [1.29, 1.82) is 0 Å². The molecule has 3 amide bonds. The molecule has 0 radical (unpaired) electrons. The summed E-state index contributed by atoms with van der Waals surface area (Å²) < 4.78 is 51.4.